The molecule has 8 nitrogen and oxygen atoms in total. The van der Waals surface area contributed by atoms with Gasteiger partial charge in [0, 0.05) is 23.0 Å². The Labute approximate surface area is 188 Å². The molecule has 3 rings (SSSR count). The van der Waals surface area contributed by atoms with E-state index < -0.39 is 35.7 Å². The minimum Gasteiger partial charge on any atom is -0.467 e. The Hall–Kier alpha value is -3.03. The number of aromatic amines is 1. The Balaban J connectivity index is 1.94. The number of fused-ring (bicyclic) bond motifs is 3. The molecule has 1 aliphatic rings. The molecule has 2 atom stereocenters. The maximum atomic E-state index is 13.4. The highest BCUT2D eigenvalue weighted by Crippen LogP contribution is 2.31. The van der Waals surface area contributed by atoms with Crippen LogP contribution in [0.5, 0.6) is 0 Å². The highest BCUT2D eigenvalue weighted by Gasteiger charge is 2.39. The molecule has 0 bridgehead atoms. The third-order valence-electron chi connectivity index (χ3n) is 5.44. The van der Waals surface area contributed by atoms with Crippen molar-refractivity contribution < 1.29 is 23.9 Å². The molecule has 2 N–H and O–H groups in total. The second kappa shape index (κ2) is 9.22. The van der Waals surface area contributed by atoms with Gasteiger partial charge in [-0.1, -0.05) is 32.0 Å². The molecular weight excluding hydrogens is 410 g/mol. The summed E-state index contributed by atoms with van der Waals surface area (Å²) in [5.41, 5.74) is 2.13. The molecule has 0 unspecified atom stereocenters. The molecule has 0 radical (unpaired) electrons. The number of H-pyrrole nitrogens is 1. The van der Waals surface area contributed by atoms with E-state index in [2.05, 4.69) is 10.3 Å². The lowest BCUT2D eigenvalue weighted by Gasteiger charge is -2.36. The fourth-order valence-electron chi connectivity index (χ4n) is 4.05. The van der Waals surface area contributed by atoms with E-state index in [-0.39, 0.29) is 12.5 Å². The first-order valence-electron chi connectivity index (χ1n) is 11.0. The number of carbonyl (C=O) groups is 3. The summed E-state index contributed by atoms with van der Waals surface area (Å²) in [4.78, 5) is 43.5. The van der Waals surface area contributed by atoms with Crippen LogP contribution in [-0.2, 0) is 32.0 Å². The normalized spacial score (nSPS) is 17.1. The van der Waals surface area contributed by atoms with Crippen LogP contribution in [0.3, 0.4) is 0 Å². The number of benzene rings is 1. The van der Waals surface area contributed by atoms with E-state index in [4.69, 9.17) is 9.47 Å². The zero-order valence-electron chi connectivity index (χ0n) is 19.7. The minimum atomic E-state index is -0.809. The van der Waals surface area contributed by atoms with Crippen LogP contribution < -0.4 is 5.32 Å². The number of nitrogens with one attached hydrogen (secondary N) is 2. The monoisotopic (exact) mass is 443 g/mol. The van der Waals surface area contributed by atoms with E-state index in [1.807, 2.05) is 38.1 Å². The molecule has 1 aliphatic heterocycles. The number of esters is 1. The number of aromatic nitrogens is 1. The van der Waals surface area contributed by atoms with E-state index in [1.165, 1.54) is 12.0 Å². The summed E-state index contributed by atoms with van der Waals surface area (Å²) >= 11 is 0. The van der Waals surface area contributed by atoms with Gasteiger partial charge in [-0.15, -0.1) is 0 Å². The average Bonchev–Trinajstić information content (AvgIpc) is 3.07. The molecule has 0 spiro atoms. The number of methoxy groups -OCH3 is 1. The van der Waals surface area contributed by atoms with E-state index >= 15 is 0 Å². The van der Waals surface area contributed by atoms with Gasteiger partial charge in [0.2, 0.25) is 5.91 Å². The summed E-state index contributed by atoms with van der Waals surface area (Å²) in [5.74, 6) is -0.727. The highest BCUT2D eigenvalue weighted by molar-refractivity contribution is 5.92. The van der Waals surface area contributed by atoms with Gasteiger partial charge in [0.25, 0.3) is 0 Å². The third kappa shape index (κ3) is 5.23. The molecule has 1 aromatic heterocycles. The lowest BCUT2D eigenvalue weighted by molar-refractivity contribution is -0.146. The molecule has 1 aromatic carbocycles. The van der Waals surface area contributed by atoms with Crippen molar-refractivity contribution in [1.29, 1.82) is 0 Å². The van der Waals surface area contributed by atoms with Crippen LogP contribution >= 0.6 is 0 Å². The zero-order valence-corrected chi connectivity index (χ0v) is 19.7. The Kier molecular flexibility index (Phi) is 6.81. The molecule has 0 saturated heterocycles. The van der Waals surface area contributed by atoms with Crippen molar-refractivity contribution in [1.82, 2.24) is 15.2 Å². The maximum Gasteiger partial charge on any atom is 0.411 e. The van der Waals surface area contributed by atoms with Crippen molar-refractivity contribution in [3.8, 4) is 0 Å². The maximum absolute atomic E-state index is 13.4. The second-order valence-electron chi connectivity index (χ2n) is 9.67. The molecule has 0 fully saturated rings. The molecule has 8 heteroatoms. The van der Waals surface area contributed by atoms with Crippen LogP contribution in [0.4, 0.5) is 4.79 Å². The number of nitrogens with zero attached hydrogens (tertiary/aromatic N) is 1. The van der Waals surface area contributed by atoms with Gasteiger partial charge in [0.1, 0.15) is 17.7 Å². The summed E-state index contributed by atoms with van der Waals surface area (Å²) in [6.45, 7) is 9.50. The summed E-state index contributed by atoms with van der Waals surface area (Å²) in [6, 6.07) is 6.26. The van der Waals surface area contributed by atoms with Crippen molar-refractivity contribution in [2.24, 2.45) is 5.92 Å². The fraction of sp³-hybridized carbons (Fsp3) is 0.542. The molecule has 32 heavy (non-hydrogen) atoms. The van der Waals surface area contributed by atoms with Gasteiger partial charge in [-0.25, -0.2) is 9.59 Å². The Morgan fingerprint density at radius 3 is 2.53 bits per heavy atom. The van der Waals surface area contributed by atoms with Crippen molar-refractivity contribution in [2.45, 2.75) is 71.7 Å². The van der Waals surface area contributed by atoms with E-state index in [0.29, 0.717) is 12.8 Å². The second-order valence-corrected chi connectivity index (χ2v) is 9.67. The summed E-state index contributed by atoms with van der Waals surface area (Å²) in [7, 11) is 1.30. The molecule has 2 heterocycles. The van der Waals surface area contributed by atoms with Gasteiger partial charge in [0.05, 0.1) is 13.7 Å². The van der Waals surface area contributed by atoms with Crippen molar-refractivity contribution in [3.05, 3.63) is 35.5 Å². The largest absolute Gasteiger partial charge is 0.467 e. The molecule has 174 valence electrons. The first-order chi connectivity index (χ1) is 15.0. The molecule has 2 aromatic rings. The Morgan fingerprint density at radius 2 is 1.91 bits per heavy atom. The van der Waals surface area contributed by atoms with Crippen LogP contribution in [0, 0.1) is 5.92 Å². The van der Waals surface area contributed by atoms with Crippen molar-refractivity contribution in [3.63, 3.8) is 0 Å². The lowest BCUT2D eigenvalue weighted by Crippen LogP contribution is -2.56. The van der Waals surface area contributed by atoms with Crippen LogP contribution in [0.1, 0.15) is 52.3 Å². The minimum absolute atomic E-state index is 0.174. The standard InChI is InChI=1S/C24H33N3O5/c1-14(2)11-18(22(29)31-6)26-21(28)20-12-16-15-9-7-8-10-17(15)25-19(16)13-27(20)23(30)32-24(3,4)5/h7-10,14,18,20,25H,11-13H2,1-6H3,(H,26,28)/t18-,20+/m0/s1. The van der Waals surface area contributed by atoms with Gasteiger partial charge >= 0.3 is 12.1 Å². The van der Waals surface area contributed by atoms with Gasteiger partial charge < -0.3 is 19.8 Å². The smallest absolute Gasteiger partial charge is 0.411 e. The lowest BCUT2D eigenvalue weighted by atomic mass is 9.95. The zero-order chi connectivity index (χ0) is 23.6. The molecule has 0 aliphatic carbocycles. The summed E-state index contributed by atoms with van der Waals surface area (Å²) in [6.07, 6.45) is 0.191. The average molecular weight is 444 g/mol. The number of hydrogen-bond acceptors (Lipinski definition) is 5. The van der Waals surface area contributed by atoms with Crippen LogP contribution in [-0.4, -0.2) is 52.6 Å². The van der Waals surface area contributed by atoms with Crippen LogP contribution in [0.25, 0.3) is 10.9 Å². The predicted octanol–water partition coefficient (Wildman–Crippen LogP) is 3.53. The quantitative estimate of drug-likeness (QED) is 0.689. The first kappa shape index (κ1) is 23.6. The van der Waals surface area contributed by atoms with Gasteiger partial charge in [-0.05, 0) is 44.7 Å². The number of hydrogen-bond donors (Lipinski definition) is 2. The third-order valence-corrected chi connectivity index (χ3v) is 5.44. The Morgan fingerprint density at radius 1 is 1.22 bits per heavy atom. The van der Waals surface area contributed by atoms with E-state index in [1.54, 1.807) is 20.8 Å². The molecule has 0 saturated carbocycles. The topological polar surface area (TPSA) is 101 Å². The predicted molar refractivity (Wildman–Crippen MR) is 121 cm³/mol. The molecule has 2 amide bonds. The summed E-state index contributed by atoms with van der Waals surface area (Å²) in [5, 5.41) is 3.84. The van der Waals surface area contributed by atoms with Crippen molar-refractivity contribution >= 4 is 28.9 Å². The SMILES string of the molecule is COC(=O)[C@H](CC(C)C)NC(=O)[C@H]1Cc2c([nH]c3ccccc23)CN1C(=O)OC(C)(C)C. The number of rotatable bonds is 5. The number of amides is 2. The van der Waals surface area contributed by atoms with Gasteiger partial charge in [-0.3, -0.25) is 9.69 Å². The summed E-state index contributed by atoms with van der Waals surface area (Å²) < 4.78 is 10.5. The highest BCUT2D eigenvalue weighted by atomic mass is 16.6. The Bertz CT molecular complexity index is 1000. The molecular formula is C24H33N3O5. The van der Waals surface area contributed by atoms with E-state index in [0.717, 1.165) is 22.2 Å². The van der Waals surface area contributed by atoms with Crippen LogP contribution in [0.2, 0.25) is 0 Å². The van der Waals surface area contributed by atoms with Crippen molar-refractivity contribution in [2.75, 3.05) is 7.11 Å². The van der Waals surface area contributed by atoms with Gasteiger partial charge in [0.15, 0.2) is 0 Å². The number of ether oxygens (including phenoxy) is 2. The number of para-hydroxylation sites is 1. The van der Waals surface area contributed by atoms with E-state index in [9.17, 15) is 14.4 Å². The van der Waals surface area contributed by atoms with Gasteiger partial charge in [-0.2, -0.15) is 0 Å². The first-order valence-corrected chi connectivity index (χ1v) is 11.0. The van der Waals surface area contributed by atoms with Crippen LogP contribution in [0.15, 0.2) is 24.3 Å². The number of carbonyl (C=O) groups excluding carboxylic acids is 3. The fourth-order valence-corrected chi connectivity index (χ4v) is 4.05.